The van der Waals surface area contributed by atoms with Crippen LogP contribution in [0.25, 0.3) is 33.5 Å². The second kappa shape index (κ2) is 10.4. The van der Waals surface area contributed by atoms with E-state index >= 15 is 0 Å². The fraction of sp³-hybridized carbons (Fsp3) is 0.464. The van der Waals surface area contributed by atoms with E-state index in [1.165, 1.54) is 7.11 Å². The van der Waals surface area contributed by atoms with E-state index in [2.05, 4.69) is 55.0 Å². The summed E-state index contributed by atoms with van der Waals surface area (Å²) in [6, 6.07) is 12.0. The SMILES string of the molecule is CCCCc1nc2cccc(-c3nc4cc(C(=O)OC)ccc4n3CC(C)C)c2n1CCCC. The Morgan fingerprint density at radius 2 is 1.79 bits per heavy atom. The second-order valence-electron chi connectivity index (χ2n) is 9.45. The van der Waals surface area contributed by atoms with Gasteiger partial charge in [-0.1, -0.05) is 46.6 Å². The molecule has 0 bridgehead atoms. The molecule has 0 fully saturated rings. The molecular formula is C28H36N4O2. The van der Waals surface area contributed by atoms with Crippen LogP contribution in [0.2, 0.25) is 0 Å². The Morgan fingerprint density at radius 3 is 2.50 bits per heavy atom. The van der Waals surface area contributed by atoms with E-state index < -0.39 is 0 Å². The fourth-order valence-corrected chi connectivity index (χ4v) is 4.63. The van der Waals surface area contributed by atoms with Gasteiger partial charge in [0.1, 0.15) is 11.6 Å². The van der Waals surface area contributed by atoms with Crippen LogP contribution in [0.1, 0.15) is 69.6 Å². The number of aromatic nitrogens is 4. The minimum atomic E-state index is -0.345. The van der Waals surface area contributed by atoms with Crippen LogP contribution in [0.3, 0.4) is 0 Å². The van der Waals surface area contributed by atoms with Gasteiger partial charge in [-0.2, -0.15) is 0 Å². The molecule has 6 nitrogen and oxygen atoms in total. The molecule has 2 aromatic heterocycles. The summed E-state index contributed by atoms with van der Waals surface area (Å²) >= 11 is 0. The highest BCUT2D eigenvalue weighted by molar-refractivity contribution is 5.96. The van der Waals surface area contributed by atoms with Gasteiger partial charge in [0.15, 0.2) is 0 Å². The number of para-hydroxylation sites is 1. The topological polar surface area (TPSA) is 61.9 Å². The summed E-state index contributed by atoms with van der Waals surface area (Å²) in [4.78, 5) is 22.3. The molecule has 0 atom stereocenters. The summed E-state index contributed by atoms with van der Waals surface area (Å²) in [6.07, 6.45) is 5.52. The van der Waals surface area contributed by atoms with E-state index in [4.69, 9.17) is 14.7 Å². The predicted octanol–water partition coefficient (Wildman–Crippen LogP) is 6.64. The van der Waals surface area contributed by atoms with Crippen molar-refractivity contribution in [2.24, 2.45) is 5.92 Å². The van der Waals surface area contributed by atoms with Crippen molar-refractivity contribution in [2.75, 3.05) is 7.11 Å². The number of hydrogen-bond donors (Lipinski definition) is 0. The normalized spacial score (nSPS) is 11.7. The number of carbonyl (C=O) groups excluding carboxylic acids is 1. The molecule has 2 aromatic carbocycles. The van der Waals surface area contributed by atoms with Crippen LogP contribution in [0.4, 0.5) is 0 Å². The lowest BCUT2D eigenvalue weighted by Crippen LogP contribution is -2.08. The van der Waals surface area contributed by atoms with Gasteiger partial charge >= 0.3 is 5.97 Å². The minimum Gasteiger partial charge on any atom is -0.465 e. The van der Waals surface area contributed by atoms with Crippen molar-refractivity contribution in [3.8, 4) is 11.4 Å². The fourth-order valence-electron chi connectivity index (χ4n) is 4.63. The molecule has 4 rings (SSSR count). The first-order chi connectivity index (χ1) is 16.5. The summed E-state index contributed by atoms with van der Waals surface area (Å²) in [5, 5.41) is 0. The van der Waals surface area contributed by atoms with E-state index in [-0.39, 0.29) is 5.97 Å². The van der Waals surface area contributed by atoms with Gasteiger partial charge in [0, 0.05) is 25.1 Å². The summed E-state index contributed by atoms with van der Waals surface area (Å²) < 4.78 is 9.64. The number of ether oxygens (including phenoxy) is 1. The van der Waals surface area contributed by atoms with Gasteiger partial charge in [-0.05, 0) is 49.1 Å². The molecule has 0 saturated carbocycles. The Hall–Kier alpha value is -3.15. The molecule has 2 heterocycles. The van der Waals surface area contributed by atoms with Crippen molar-refractivity contribution in [1.82, 2.24) is 19.1 Å². The van der Waals surface area contributed by atoms with Crippen molar-refractivity contribution in [1.29, 1.82) is 0 Å². The van der Waals surface area contributed by atoms with Crippen molar-refractivity contribution >= 4 is 28.0 Å². The highest BCUT2D eigenvalue weighted by Crippen LogP contribution is 2.33. The first kappa shape index (κ1) is 24.0. The molecule has 6 heteroatoms. The number of nitrogens with zero attached hydrogens (tertiary/aromatic N) is 4. The maximum absolute atomic E-state index is 12.1. The lowest BCUT2D eigenvalue weighted by atomic mass is 10.1. The third-order valence-electron chi connectivity index (χ3n) is 6.29. The maximum atomic E-state index is 12.1. The largest absolute Gasteiger partial charge is 0.465 e. The van der Waals surface area contributed by atoms with Gasteiger partial charge in [0.2, 0.25) is 0 Å². The summed E-state index contributed by atoms with van der Waals surface area (Å²) in [5.74, 6) is 2.19. The van der Waals surface area contributed by atoms with Crippen LogP contribution >= 0.6 is 0 Å². The molecule has 0 amide bonds. The minimum absolute atomic E-state index is 0.345. The Morgan fingerprint density at radius 1 is 1.00 bits per heavy atom. The smallest absolute Gasteiger partial charge is 0.337 e. The monoisotopic (exact) mass is 460 g/mol. The molecule has 0 unspecified atom stereocenters. The lowest BCUT2D eigenvalue weighted by Gasteiger charge is -2.14. The molecule has 4 aromatic rings. The predicted molar refractivity (Wildman–Crippen MR) is 138 cm³/mol. The molecule has 0 N–H and O–H groups in total. The van der Waals surface area contributed by atoms with Crippen LogP contribution < -0.4 is 0 Å². The molecule has 34 heavy (non-hydrogen) atoms. The average Bonchev–Trinajstić information content (AvgIpc) is 3.37. The van der Waals surface area contributed by atoms with Gasteiger partial charge in [-0.3, -0.25) is 0 Å². The van der Waals surface area contributed by atoms with Crippen LogP contribution in [-0.4, -0.2) is 32.2 Å². The summed E-state index contributed by atoms with van der Waals surface area (Å²) in [5.41, 5.74) is 5.64. The van der Waals surface area contributed by atoms with E-state index in [1.54, 1.807) is 0 Å². The van der Waals surface area contributed by atoms with E-state index in [0.717, 1.165) is 84.5 Å². The van der Waals surface area contributed by atoms with E-state index in [9.17, 15) is 4.79 Å². The number of hydrogen-bond acceptors (Lipinski definition) is 4. The Kier molecular flexibility index (Phi) is 7.35. The van der Waals surface area contributed by atoms with Crippen LogP contribution in [0.5, 0.6) is 0 Å². The standard InChI is InChI=1S/C28H36N4O2/c1-6-8-13-25-29-22-12-10-11-21(26(22)31(25)16-9-7-2)27-30-23-17-20(28(33)34-5)14-15-24(23)32(27)18-19(3)4/h10-12,14-15,17,19H,6-9,13,16,18H2,1-5H3. The highest BCUT2D eigenvalue weighted by Gasteiger charge is 2.21. The third kappa shape index (κ3) is 4.59. The van der Waals surface area contributed by atoms with E-state index in [0.29, 0.717) is 11.5 Å². The number of benzene rings is 2. The number of aryl methyl sites for hydroxylation is 2. The number of unbranched alkanes of at least 4 members (excludes halogenated alkanes) is 2. The molecule has 180 valence electrons. The third-order valence-corrected chi connectivity index (χ3v) is 6.29. The number of methoxy groups -OCH3 is 1. The number of rotatable bonds is 10. The summed E-state index contributed by atoms with van der Waals surface area (Å²) in [6.45, 7) is 10.7. The van der Waals surface area contributed by atoms with Crippen molar-refractivity contribution < 1.29 is 9.53 Å². The number of carbonyl (C=O) groups is 1. The molecule has 0 saturated heterocycles. The number of fused-ring (bicyclic) bond motifs is 2. The lowest BCUT2D eigenvalue weighted by molar-refractivity contribution is 0.0601. The zero-order valence-corrected chi connectivity index (χ0v) is 21.1. The molecule has 0 spiro atoms. The second-order valence-corrected chi connectivity index (χ2v) is 9.45. The van der Waals surface area contributed by atoms with Crippen molar-refractivity contribution in [2.45, 2.75) is 72.9 Å². The first-order valence-corrected chi connectivity index (χ1v) is 12.6. The molecule has 0 aliphatic heterocycles. The number of esters is 1. The highest BCUT2D eigenvalue weighted by atomic mass is 16.5. The Bertz CT molecular complexity index is 1300. The van der Waals surface area contributed by atoms with Crippen LogP contribution in [-0.2, 0) is 24.2 Å². The van der Waals surface area contributed by atoms with Crippen molar-refractivity contribution in [3.63, 3.8) is 0 Å². The zero-order valence-electron chi connectivity index (χ0n) is 21.1. The number of imidazole rings is 2. The van der Waals surface area contributed by atoms with Gasteiger partial charge in [0.05, 0.1) is 34.7 Å². The van der Waals surface area contributed by atoms with Gasteiger partial charge in [-0.15, -0.1) is 0 Å². The Labute approximate surface area is 202 Å². The summed E-state index contributed by atoms with van der Waals surface area (Å²) in [7, 11) is 1.41. The van der Waals surface area contributed by atoms with Gasteiger partial charge < -0.3 is 13.9 Å². The molecule has 0 aliphatic rings. The Balaban J connectivity index is 1.96. The molecule has 0 aliphatic carbocycles. The zero-order chi connectivity index (χ0) is 24.2. The molecule has 0 radical (unpaired) electrons. The molecular weight excluding hydrogens is 424 g/mol. The quantitative estimate of drug-likeness (QED) is 0.249. The van der Waals surface area contributed by atoms with Crippen LogP contribution in [0, 0.1) is 5.92 Å². The van der Waals surface area contributed by atoms with Crippen LogP contribution in [0.15, 0.2) is 36.4 Å². The average molecular weight is 461 g/mol. The van der Waals surface area contributed by atoms with Gasteiger partial charge in [-0.25, -0.2) is 14.8 Å². The van der Waals surface area contributed by atoms with Crippen molar-refractivity contribution in [3.05, 3.63) is 47.8 Å². The maximum Gasteiger partial charge on any atom is 0.337 e. The van der Waals surface area contributed by atoms with Gasteiger partial charge in [0.25, 0.3) is 0 Å². The van der Waals surface area contributed by atoms with E-state index in [1.807, 2.05) is 18.2 Å². The first-order valence-electron chi connectivity index (χ1n) is 12.6.